The molecule has 1 fully saturated rings. The Kier molecular flexibility index (Phi) is 3.61. The summed E-state index contributed by atoms with van der Waals surface area (Å²) in [5.41, 5.74) is 4.02. The molecule has 1 rings (SSSR count). The molecule has 3 atom stereocenters. The van der Waals surface area contributed by atoms with Crippen LogP contribution in [0.15, 0.2) is 0 Å². The van der Waals surface area contributed by atoms with Crippen LogP contribution in [0.4, 0.5) is 0 Å². The van der Waals surface area contributed by atoms with Gasteiger partial charge in [-0.15, -0.1) is 0 Å². The van der Waals surface area contributed by atoms with Crippen LogP contribution in [0.1, 0.15) is 40.0 Å². The summed E-state index contributed by atoms with van der Waals surface area (Å²) in [6, 6.07) is 0. The summed E-state index contributed by atoms with van der Waals surface area (Å²) in [4.78, 5) is 23.1. The van der Waals surface area contributed by atoms with E-state index < -0.39 is 17.3 Å². The number of nitrogens with two attached hydrogens (primary N) is 1. The number of carboxylic acid groups (broad SMARTS) is 1. The summed E-state index contributed by atoms with van der Waals surface area (Å²) in [6.45, 7) is 5.90. The fourth-order valence-corrected chi connectivity index (χ4v) is 3.05. The second-order valence-electron chi connectivity index (χ2n) is 5.38. The van der Waals surface area contributed by atoms with E-state index in [1.165, 1.54) is 0 Å². The Balaban J connectivity index is 3.16. The Bertz CT molecular complexity index is 285. The molecule has 3 unspecified atom stereocenters. The normalized spacial score (nSPS) is 35.0. The van der Waals surface area contributed by atoms with Gasteiger partial charge in [0.25, 0.3) is 0 Å². The smallest absolute Gasteiger partial charge is 0.319 e. The van der Waals surface area contributed by atoms with Gasteiger partial charge < -0.3 is 10.8 Å². The lowest BCUT2D eigenvalue weighted by atomic mass is 9.59. The number of rotatable bonds is 3. The van der Waals surface area contributed by atoms with Crippen LogP contribution >= 0.6 is 0 Å². The van der Waals surface area contributed by atoms with E-state index in [0.717, 1.165) is 12.8 Å². The molecular weight excluding hydrogens is 206 g/mol. The molecule has 0 bridgehead atoms. The average Bonchev–Trinajstić information content (AvgIpc) is 2.15. The van der Waals surface area contributed by atoms with Crippen molar-refractivity contribution in [1.29, 1.82) is 0 Å². The molecule has 0 radical (unpaired) electrons. The van der Waals surface area contributed by atoms with Gasteiger partial charge in [-0.1, -0.05) is 27.2 Å². The van der Waals surface area contributed by atoms with Gasteiger partial charge in [-0.3, -0.25) is 9.59 Å². The van der Waals surface area contributed by atoms with Crippen LogP contribution in [-0.4, -0.2) is 17.0 Å². The lowest BCUT2D eigenvalue weighted by Gasteiger charge is -2.43. The molecule has 0 aliphatic heterocycles. The highest BCUT2D eigenvalue weighted by Gasteiger charge is 2.54. The Morgan fingerprint density at radius 2 is 1.94 bits per heavy atom. The molecular formula is C12H21NO3. The Morgan fingerprint density at radius 3 is 2.31 bits per heavy atom. The first kappa shape index (κ1) is 13.0. The maximum atomic E-state index is 11.6. The van der Waals surface area contributed by atoms with Gasteiger partial charge in [0.1, 0.15) is 5.41 Å². The van der Waals surface area contributed by atoms with Crippen molar-refractivity contribution in [2.75, 3.05) is 0 Å². The lowest BCUT2D eigenvalue weighted by Crippen LogP contribution is -2.53. The summed E-state index contributed by atoms with van der Waals surface area (Å²) in [6.07, 6.45) is 2.12. The fourth-order valence-electron chi connectivity index (χ4n) is 3.05. The Labute approximate surface area is 96.2 Å². The van der Waals surface area contributed by atoms with Crippen molar-refractivity contribution >= 4 is 11.9 Å². The van der Waals surface area contributed by atoms with Crippen molar-refractivity contribution in [2.45, 2.75) is 40.0 Å². The van der Waals surface area contributed by atoms with Crippen LogP contribution in [0.2, 0.25) is 0 Å². The highest BCUT2D eigenvalue weighted by Crippen LogP contribution is 2.47. The van der Waals surface area contributed by atoms with Crippen molar-refractivity contribution in [2.24, 2.45) is 28.9 Å². The molecule has 0 heterocycles. The van der Waals surface area contributed by atoms with Crippen LogP contribution in [0.5, 0.6) is 0 Å². The second kappa shape index (κ2) is 4.44. The molecule has 1 amide bonds. The minimum absolute atomic E-state index is 0.140. The van der Waals surface area contributed by atoms with Crippen molar-refractivity contribution < 1.29 is 14.7 Å². The highest BCUT2D eigenvalue weighted by molar-refractivity contribution is 6.01. The van der Waals surface area contributed by atoms with E-state index in [2.05, 4.69) is 0 Å². The third kappa shape index (κ3) is 1.93. The van der Waals surface area contributed by atoms with Gasteiger partial charge >= 0.3 is 5.97 Å². The zero-order chi connectivity index (χ0) is 12.5. The molecule has 1 aliphatic carbocycles. The Morgan fingerprint density at radius 1 is 1.38 bits per heavy atom. The molecule has 0 spiro atoms. The molecule has 3 N–H and O–H groups in total. The Hall–Kier alpha value is -1.06. The zero-order valence-corrected chi connectivity index (χ0v) is 10.2. The first-order chi connectivity index (χ1) is 7.32. The van der Waals surface area contributed by atoms with Crippen LogP contribution in [-0.2, 0) is 9.59 Å². The molecule has 0 saturated heterocycles. The molecule has 4 heteroatoms. The minimum atomic E-state index is -1.36. The molecule has 0 aromatic carbocycles. The van der Waals surface area contributed by atoms with Gasteiger partial charge in [0, 0.05) is 0 Å². The van der Waals surface area contributed by atoms with E-state index in [1.807, 2.05) is 20.8 Å². The van der Waals surface area contributed by atoms with Gasteiger partial charge in [-0.2, -0.15) is 0 Å². The number of aliphatic carboxylic acids is 1. The average molecular weight is 227 g/mol. The summed E-state index contributed by atoms with van der Waals surface area (Å²) >= 11 is 0. The standard InChI is InChI=1S/C12H21NO3/c1-7(2)9-5-4-8(3)6-12(9,10(13)14)11(15)16/h7-9H,4-6H2,1-3H3,(H2,13,14)(H,15,16). The number of carboxylic acids is 1. The topological polar surface area (TPSA) is 80.4 Å². The molecule has 1 aliphatic rings. The third-order valence-electron chi connectivity index (χ3n) is 3.90. The van der Waals surface area contributed by atoms with E-state index in [0.29, 0.717) is 6.42 Å². The number of hydrogen-bond acceptors (Lipinski definition) is 2. The van der Waals surface area contributed by atoms with Gasteiger partial charge in [0.05, 0.1) is 0 Å². The summed E-state index contributed by atoms with van der Waals surface area (Å²) in [7, 11) is 0. The third-order valence-corrected chi connectivity index (χ3v) is 3.90. The quantitative estimate of drug-likeness (QED) is 0.719. The second-order valence-corrected chi connectivity index (χ2v) is 5.38. The molecule has 0 aromatic heterocycles. The first-order valence-corrected chi connectivity index (χ1v) is 5.85. The van der Waals surface area contributed by atoms with Gasteiger partial charge in [0.15, 0.2) is 0 Å². The molecule has 16 heavy (non-hydrogen) atoms. The molecule has 4 nitrogen and oxygen atoms in total. The van der Waals surface area contributed by atoms with Gasteiger partial charge in [0.2, 0.25) is 5.91 Å². The van der Waals surface area contributed by atoms with Gasteiger partial charge in [-0.05, 0) is 30.6 Å². The predicted molar refractivity (Wildman–Crippen MR) is 60.6 cm³/mol. The SMILES string of the molecule is CC1CCC(C(C)C)C(C(N)=O)(C(=O)O)C1. The number of amides is 1. The van der Waals surface area contributed by atoms with Crippen LogP contribution in [0.3, 0.4) is 0 Å². The minimum Gasteiger partial charge on any atom is -0.480 e. The monoisotopic (exact) mass is 227 g/mol. The highest BCUT2D eigenvalue weighted by atomic mass is 16.4. The fraction of sp³-hybridized carbons (Fsp3) is 0.833. The summed E-state index contributed by atoms with van der Waals surface area (Å²) in [5, 5.41) is 9.40. The van der Waals surface area contributed by atoms with Gasteiger partial charge in [-0.25, -0.2) is 0 Å². The van der Waals surface area contributed by atoms with Crippen LogP contribution < -0.4 is 5.73 Å². The maximum Gasteiger partial charge on any atom is 0.319 e. The van der Waals surface area contributed by atoms with E-state index >= 15 is 0 Å². The zero-order valence-electron chi connectivity index (χ0n) is 10.2. The maximum absolute atomic E-state index is 11.6. The largest absolute Gasteiger partial charge is 0.480 e. The number of primary amides is 1. The van der Waals surface area contributed by atoms with Crippen molar-refractivity contribution in [3.63, 3.8) is 0 Å². The molecule has 0 aromatic rings. The molecule has 1 saturated carbocycles. The number of hydrogen-bond donors (Lipinski definition) is 2. The van der Waals surface area contributed by atoms with Crippen molar-refractivity contribution in [1.82, 2.24) is 0 Å². The predicted octanol–water partition coefficient (Wildman–Crippen LogP) is 1.63. The van der Waals surface area contributed by atoms with E-state index in [9.17, 15) is 14.7 Å². The van der Waals surface area contributed by atoms with Crippen molar-refractivity contribution in [3.8, 4) is 0 Å². The van der Waals surface area contributed by atoms with E-state index in [-0.39, 0.29) is 17.8 Å². The molecule has 92 valence electrons. The van der Waals surface area contributed by atoms with Crippen LogP contribution in [0, 0.1) is 23.2 Å². The summed E-state index contributed by atoms with van der Waals surface area (Å²) in [5.74, 6) is -1.45. The summed E-state index contributed by atoms with van der Waals surface area (Å²) < 4.78 is 0. The number of carbonyl (C=O) groups is 2. The van der Waals surface area contributed by atoms with Crippen LogP contribution in [0.25, 0.3) is 0 Å². The van der Waals surface area contributed by atoms with Crippen molar-refractivity contribution in [3.05, 3.63) is 0 Å². The van der Waals surface area contributed by atoms with E-state index in [4.69, 9.17) is 5.73 Å². The number of carbonyl (C=O) groups excluding carboxylic acids is 1. The lowest BCUT2D eigenvalue weighted by molar-refractivity contribution is -0.164. The first-order valence-electron chi connectivity index (χ1n) is 5.85. The van der Waals surface area contributed by atoms with E-state index in [1.54, 1.807) is 0 Å².